The average molecular weight is 534 g/mol. The molecule has 0 fully saturated rings. The van der Waals surface area contributed by atoms with E-state index in [1.54, 1.807) is 26.2 Å². The Morgan fingerprint density at radius 1 is 0.875 bits per heavy atom. The van der Waals surface area contributed by atoms with Crippen LogP contribution < -0.4 is 10.5 Å². The lowest BCUT2D eigenvalue weighted by Crippen LogP contribution is -2.44. The fourth-order valence-corrected chi connectivity index (χ4v) is 5.24. The van der Waals surface area contributed by atoms with Crippen LogP contribution in [0, 0.1) is 0 Å². The molecule has 0 aromatic heterocycles. The van der Waals surface area contributed by atoms with Crippen LogP contribution in [0.3, 0.4) is 0 Å². The van der Waals surface area contributed by atoms with Gasteiger partial charge in [0.2, 0.25) is 11.4 Å². The van der Waals surface area contributed by atoms with E-state index in [1.165, 1.54) is 0 Å². The summed E-state index contributed by atoms with van der Waals surface area (Å²) in [6, 6.07) is 33.6. The van der Waals surface area contributed by atoms with Crippen molar-refractivity contribution in [2.75, 3.05) is 13.7 Å². The number of esters is 1. The molecule has 0 saturated heterocycles. The van der Waals surface area contributed by atoms with Gasteiger partial charge in [0.1, 0.15) is 11.6 Å². The minimum atomic E-state index is -1.42. The number of hydrogen-bond acceptors (Lipinski definition) is 6. The van der Waals surface area contributed by atoms with Gasteiger partial charge in [-0.05, 0) is 60.0 Å². The lowest BCUT2D eigenvalue weighted by molar-refractivity contribution is -0.151. The van der Waals surface area contributed by atoms with E-state index in [1.807, 2.05) is 97.1 Å². The van der Waals surface area contributed by atoms with Crippen LogP contribution >= 0.6 is 0 Å². The Bertz CT molecular complexity index is 1500. The Morgan fingerprint density at radius 2 is 1.50 bits per heavy atom. The number of carbonyl (C=O) groups excluding carboxylic acids is 2. The van der Waals surface area contributed by atoms with Gasteiger partial charge in [0, 0.05) is 17.7 Å². The Morgan fingerprint density at radius 3 is 2.08 bits per heavy atom. The number of nitrogens with two attached hydrogens (primary N) is 1. The van der Waals surface area contributed by atoms with Gasteiger partial charge in [0.05, 0.1) is 19.8 Å². The summed E-state index contributed by atoms with van der Waals surface area (Å²) in [4.78, 5) is 33.4. The van der Waals surface area contributed by atoms with Crippen LogP contribution in [0.15, 0.2) is 114 Å². The number of hydrogen-bond donors (Lipinski definition) is 1. The van der Waals surface area contributed by atoms with Crippen molar-refractivity contribution in [1.29, 1.82) is 0 Å². The number of aliphatic imine (C=N–C) groups is 1. The van der Waals surface area contributed by atoms with E-state index < -0.39 is 23.5 Å². The third-order valence-electron chi connectivity index (χ3n) is 7.12. The van der Waals surface area contributed by atoms with Crippen molar-refractivity contribution in [3.8, 4) is 5.75 Å². The molecule has 0 spiro atoms. The number of benzene rings is 4. The molecule has 0 saturated carbocycles. The standard InChI is InChI=1S/C33H31N3O4/c1-3-40-32(38)33(27-12-8-5-9-13-27)29(24-14-16-25(17-15-24)30(34)37)36(22-23-10-6-4-7-11-23)31(35-33)26-18-20-28(39-2)21-19-26/h4-21,29H,3,22H2,1-2H3,(H2,34,37)/t29-,33-/m1/s1. The summed E-state index contributed by atoms with van der Waals surface area (Å²) in [6.07, 6.45) is 0. The summed E-state index contributed by atoms with van der Waals surface area (Å²) >= 11 is 0. The van der Waals surface area contributed by atoms with E-state index in [2.05, 4.69) is 4.90 Å². The first-order chi connectivity index (χ1) is 19.5. The number of ether oxygens (including phenoxy) is 2. The average Bonchev–Trinajstić information content (AvgIpc) is 3.34. The normalized spacial score (nSPS) is 18.2. The van der Waals surface area contributed by atoms with E-state index in [0.717, 1.165) is 22.4 Å². The zero-order valence-electron chi connectivity index (χ0n) is 22.5. The van der Waals surface area contributed by atoms with Gasteiger partial charge in [-0.25, -0.2) is 9.79 Å². The first-order valence-corrected chi connectivity index (χ1v) is 13.1. The highest BCUT2D eigenvalue weighted by molar-refractivity contribution is 6.04. The predicted molar refractivity (Wildman–Crippen MR) is 154 cm³/mol. The third kappa shape index (κ3) is 4.94. The smallest absolute Gasteiger partial charge is 0.341 e. The van der Waals surface area contributed by atoms with Crippen LogP contribution in [0.1, 0.15) is 45.6 Å². The van der Waals surface area contributed by atoms with Gasteiger partial charge in [0.25, 0.3) is 0 Å². The van der Waals surface area contributed by atoms with Crippen LogP contribution in [0.5, 0.6) is 5.75 Å². The van der Waals surface area contributed by atoms with Gasteiger partial charge in [-0.15, -0.1) is 0 Å². The van der Waals surface area contributed by atoms with Crippen molar-refractivity contribution in [3.63, 3.8) is 0 Å². The highest BCUT2D eigenvalue weighted by atomic mass is 16.5. The highest BCUT2D eigenvalue weighted by Gasteiger charge is 2.57. The number of methoxy groups -OCH3 is 1. The Labute approximate surface area is 233 Å². The van der Waals surface area contributed by atoms with Crippen LogP contribution in [-0.2, 0) is 21.6 Å². The Hall–Kier alpha value is -4.91. The van der Waals surface area contributed by atoms with Crippen molar-refractivity contribution in [2.24, 2.45) is 10.7 Å². The molecule has 202 valence electrons. The van der Waals surface area contributed by atoms with Crippen LogP contribution in [0.4, 0.5) is 0 Å². The number of nitrogens with zero attached hydrogens (tertiary/aromatic N) is 2. The van der Waals surface area contributed by atoms with Gasteiger partial charge in [-0.3, -0.25) is 4.79 Å². The number of carbonyl (C=O) groups is 2. The minimum Gasteiger partial charge on any atom is -0.497 e. The second kappa shape index (κ2) is 11.5. The molecule has 7 nitrogen and oxygen atoms in total. The molecule has 4 aromatic carbocycles. The molecule has 2 N–H and O–H groups in total. The molecule has 40 heavy (non-hydrogen) atoms. The summed E-state index contributed by atoms with van der Waals surface area (Å²) in [5, 5.41) is 0. The van der Waals surface area contributed by atoms with E-state index in [0.29, 0.717) is 23.5 Å². The summed E-state index contributed by atoms with van der Waals surface area (Å²) in [6.45, 7) is 2.47. The molecule has 5 rings (SSSR count). The molecule has 0 bridgehead atoms. The number of amides is 1. The third-order valence-corrected chi connectivity index (χ3v) is 7.12. The molecular formula is C33H31N3O4. The van der Waals surface area contributed by atoms with Gasteiger partial charge >= 0.3 is 5.97 Å². The lowest BCUT2D eigenvalue weighted by atomic mass is 9.79. The first kappa shape index (κ1) is 26.7. The van der Waals surface area contributed by atoms with Crippen LogP contribution in [0.2, 0.25) is 0 Å². The molecule has 0 aliphatic carbocycles. The first-order valence-electron chi connectivity index (χ1n) is 13.1. The molecule has 2 atom stereocenters. The molecule has 0 radical (unpaired) electrons. The number of amidine groups is 1. The molecular weight excluding hydrogens is 502 g/mol. The SMILES string of the molecule is CCOC(=O)[C@]1(c2ccccc2)N=C(c2ccc(OC)cc2)N(Cc2ccccc2)[C@@H]1c1ccc(C(N)=O)cc1. The van der Waals surface area contributed by atoms with Crippen molar-refractivity contribution in [2.45, 2.75) is 25.0 Å². The quantitative estimate of drug-likeness (QED) is 0.296. The predicted octanol–water partition coefficient (Wildman–Crippen LogP) is 5.26. The van der Waals surface area contributed by atoms with E-state index in [4.69, 9.17) is 20.2 Å². The fraction of sp³-hybridized carbons (Fsp3) is 0.182. The Kier molecular flexibility index (Phi) is 7.64. The van der Waals surface area contributed by atoms with Crippen molar-refractivity contribution < 1.29 is 19.1 Å². The number of primary amides is 1. The maximum atomic E-state index is 14.2. The molecule has 1 heterocycles. The lowest BCUT2D eigenvalue weighted by Gasteiger charge is -2.37. The van der Waals surface area contributed by atoms with Gasteiger partial charge in [-0.1, -0.05) is 72.8 Å². The Balaban J connectivity index is 1.79. The van der Waals surface area contributed by atoms with Crippen molar-refractivity contribution in [1.82, 2.24) is 4.90 Å². The maximum Gasteiger partial charge on any atom is 0.341 e. The largest absolute Gasteiger partial charge is 0.497 e. The van der Waals surface area contributed by atoms with Gasteiger partial charge in [-0.2, -0.15) is 0 Å². The molecule has 1 aliphatic rings. The van der Waals surface area contributed by atoms with Gasteiger partial charge in [0.15, 0.2) is 0 Å². The summed E-state index contributed by atoms with van der Waals surface area (Å²) in [5.41, 5.74) is 7.89. The van der Waals surface area contributed by atoms with Crippen molar-refractivity contribution >= 4 is 17.7 Å². The molecule has 1 amide bonds. The number of rotatable bonds is 9. The zero-order chi connectivity index (χ0) is 28.1. The van der Waals surface area contributed by atoms with Crippen LogP contribution in [0.25, 0.3) is 0 Å². The zero-order valence-corrected chi connectivity index (χ0v) is 22.5. The molecule has 1 aliphatic heterocycles. The molecule has 7 heteroatoms. The van der Waals surface area contributed by atoms with E-state index >= 15 is 0 Å². The molecule has 4 aromatic rings. The summed E-state index contributed by atoms with van der Waals surface area (Å²) in [7, 11) is 1.62. The molecule has 0 unspecified atom stereocenters. The van der Waals surface area contributed by atoms with E-state index in [-0.39, 0.29) is 6.61 Å². The van der Waals surface area contributed by atoms with Gasteiger partial charge < -0.3 is 20.1 Å². The monoisotopic (exact) mass is 533 g/mol. The maximum absolute atomic E-state index is 14.2. The second-order valence-electron chi connectivity index (χ2n) is 9.52. The van der Waals surface area contributed by atoms with Crippen molar-refractivity contribution in [3.05, 3.63) is 137 Å². The second-order valence-corrected chi connectivity index (χ2v) is 9.52. The summed E-state index contributed by atoms with van der Waals surface area (Å²) in [5.74, 6) is 0.392. The minimum absolute atomic E-state index is 0.201. The van der Waals surface area contributed by atoms with E-state index in [9.17, 15) is 9.59 Å². The summed E-state index contributed by atoms with van der Waals surface area (Å²) < 4.78 is 11.1. The highest BCUT2D eigenvalue weighted by Crippen LogP contribution is 2.50. The fourth-order valence-electron chi connectivity index (χ4n) is 5.24. The van der Waals surface area contributed by atoms with Crippen LogP contribution in [-0.4, -0.2) is 36.3 Å². The topological polar surface area (TPSA) is 94.2 Å².